The molecule has 3 fully saturated rings. The van der Waals surface area contributed by atoms with E-state index in [1.54, 1.807) is 6.92 Å². The van der Waals surface area contributed by atoms with Crippen molar-refractivity contribution < 1.29 is 19.4 Å². The Kier molecular flexibility index (Phi) is 3.35. The summed E-state index contributed by atoms with van der Waals surface area (Å²) in [7, 11) is 0. The van der Waals surface area contributed by atoms with Crippen LogP contribution in [0.25, 0.3) is 0 Å². The Bertz CT molecular complexity index is 455. The van der Waals surface area contributed by atoms with Gasteiger partial charge in [-0.1, -0.05) is 6.58 Å². The fraction of sp³-hybridized carbons (Fsp3) is 0.750. The highest BCUT2D eigenvalue weighted by atomic mass is 16.5. The molecule has 6 unspecified atom stereocenters. The highest BCUT2D eigenvalue weighted by Crippen LogP contribution is 2.61. The van der Waals surface area contributed by atoms with Crippen molar-refractivity contribution in [2.75, 3.05) is 0 Å². The number of hydrogen-bond acceptors (Lipinski definition) is 3. The van der Waals surface area contributed by atoms with E-state index in [4.69, 9.17) is 9.84 Å². The SMILES string of the molecule is C=C(C)C(=O)OC1CC2CC1C1CC(CC(=O)O)CC21. The third-order valence-corrected chi connectivity index (χ3v) is 5.57. The molecule has 0 aromatic rings. The first-order valence-corrected chi connectivity index (χ1v) is 7.54. The van der Waals surface area contributed by atoms with E-state index in [-0.39, 0.29) is 12.1 Å². The molecule has 3 rings (SSSR count). The van der Waals surface area contributed by atoms with Crippen molar-refractivity contribution in [3.8, 4) is 0 Å². The lowest BCUT2D eigenvalue weighted by molar-refractivity contribution is -0.148. The molecule has 0 spiro atoms. The second kappa shape index (κ2) is 4.90. The quantitative estimate of drug-likeness (QED) is 0.634. The molecule has 1 N–H and O–H groups in total. The second-order valence-corrected chi connectivity index (χ2v) is 6.88. The number of ether oxygens (including phenoxy) is 1. The summed E-state index contributed by atoms with van der Waals surface area (Å²) in [6.07, 6.45) is 4.50. The molecule has 0 aromatic heterocycles. The van der Waals surface area contributed by atoms with Crippen molar-refractivity contribution >= 4 is 11.9 Å². The number of hydrogen-bond donors (Lipinski definition) is 1. The van der Waals surface area contributed by atoms with E-state index in [2.05, 4.69) is 6.58 Å². The van der Waals surface area contributed by atoms with Gasteiger partial charge in [-0.2, -0.15) is 0 Å². The van der Waals surface area contributed by atoms with Gasteiger partial charge in [0, 0.05) is 12.0 Å². The number of carboxylic acid groups (broad SMARTS) is 1. The van der Waals surface area contributed by atoms with Crippen molar-refractivity contribution in [3.05, 3.63) is 12.2 Å². The Balaban J connectivity index is 1.63. The van der Waals surface area contributed by atoms with E-state index in [1.807, 2.05) is 0 Å². The molecule has 0 aliphatic heterocycles. The molecule has 6 atom stereocenters. The third-order valence-electron chi connectivity index (χ3n) is 5.57. The zero-order valence-corrected chi connectivity index (χ0v) is 11.9. The smallest absolute Gasteiger partial charge is 0.333 e. The third kappa shape index (κ3) is 2.25. The summed E-state index contributed by atoms with van der Waals surface area (Å²) >= 11 is 0. The number of carbonyl (C=O) groups excluding carboxylic acids is 1. The fourth-order valence-corrected chi connectivity index (χ4v) is 4.91. The van der Waals surface area contributed by atoms with Crippen LogP contribution in [-0.2, 0) is 14.3 Å². The van der Waals surface area contributed by atoms with E-state index < -0.39 is 5.97 Å². The van der Waals surface area contributed by atoms with E-state index >= 15 is 0 Å². The molecule has 0 saturated heterocycles. The maximum atomic E-state index is 11.7. The summed E-state index contributed by atoms with van der Waals surface area (Å²) in [5.74, 6) is 1.68. The van der Waals surface area contributed by atoms with E-state index in [1.165, 1.54) is 0 Å². The van der Waals surface area contributed by atoms with Gasteiger partial charge in [0.1, 0.15) is 6.10 Å². The van der Waals surface area contributed by atoms with Gasteiger partial charge in [-0.25, -0.2) is 4.79 Å². The number of esters is 1. The van der Waals surface area contributed by atoms with Crippen LogP contribution in [0.3, 0.4) is 0 Å². The molecule has 20 heavy (non-hydrogen) atoms. The lowest BCUT2D eigenvalue weighted by atomic mass is 9.80. The number of aliphatic carboxylic acids is 1. The van der Waals surface area contributed by atoms with Crippen LogP contribution >= 0.6 is 0 Å². The van der Waals surface area contributed by atoms with Crippen LogP contribution in [0.15, 0.2) is 12.2 Å². The largest absolute Gasteiger partial charge is 0.481 e. The highest BCUT2D eigenvalue weighted by Gasteiger charge is 2.57. The number of fused-ring (bicyclic) bond motifs is 5. The normalized spacial score (nSPS) is 41.5. The van der Waals surface area contributed by atoms with Gasteiger partial charge in [-0.05, 0) is 62.2 Å². The first-order valence-electron chi connectivity index (χ1n) is 7.54. The van der Waals surface area contributed by atoms with Crippen LogP contribution in [0.4, 0.5) is 0 Å². The summed E-state index contributed by atoms with van der Waals surface area (Å²) in [6.45, 7) is 5.31. The Labute approximate surface area is 119 Å². The van der Waals surface area contributed by atoms with Crippen LogP contribution in [0, 0.1) is 29.6 Å². The van der Waals surface area contributed by atoms with Gasteiger partial charge in [0.15, 0.2) is 0 Å². The van der Waals surface area contributed by atoms with Crippen LogP contribution in [0.2, 0.25) is 0 Å². The monoisotopic (exact) mass is 278 g/mol. The van der Waals surface area contributed by atoms with Gasteiger partial charge in [0.25, 0.3) is 0 Å². The molecule has 4 heteroatoms. The van der Waals surface area contributed by atoms with Crippen molar-refractivity contribution in [1.82, 2.24) is 0 Å². The summed E-state index contributed by atoms with van der Waals surface area (Å²) in [5.41, 5.74) is 0.458. The van der Waals surface area contributed by atoms with Crippen LogP contribution in [0.1, 0.15) is 39.0 Å². The Morgan fingerprint density at radius 2 is 1.85 bits per heavy atom. The first kappa shape index (κ1) is 13.7. The predicted octanol–water partition coefficient (Wildman–Crippen LogP) is 2.63. The van der Waals surface area contributed by atoms with Crippen molar-refractivity contribution in [2.24, 2.45) is 29.6 Å². The number of rotatable bonds is 4. The van der Waals surface area contributed by atoms with Crippen molar-refractivity contribution in [1.29, 1.82) is 0 Å². The van der Waals surface area contributed by atoms with E-state index in [9.17, 15) is 9.59 Å². The van der Waals surface area contributed by atoms with Crippen LogP contribution in [-0.4, -0.2) is 23.1 Å². The highest BCUT2D eigenvalue weighted by molar-refractivity contribution is 5.87. The van der Waals surface area contributed by atoms with Gasteiger partial charge >= 0.3 is 11.9 Å². The zero-order valence-electron chi connectivity index (χ0n) is 11.9. The molecular formula is C16H22O4. The molecule has 0 amide bonds. The summed E-state index contributed by atoms with van der Waals surface area (Å²) in [6, 6.07) is 0. The molecule has 4 nitrogen and oxygen atoms in total. The standard InChI is InChI=1S/C16H22O4/c1-8(2)16(19)20-14-7-10-6-13(14)12-4-9(3-11(10)12)5-15(17)18/h9-14H,1,3-7H2,2H3,(H,17,18). The Hall–Kier alpha value is -1.32. The molecule has 3 saturated carbocycles. The minimum Gasteiger partial charge on any atom is -0.481 e. The maximum absolute atomic E-state index is 11.7. The van der Waals surface area contributed by atoms with E-state index in [0.29, 0.717) is 41.6 Å². The van der Waals surface area contributed by atoms with Crippen molar-refractivity contribution in [2.45, 2.75) is 45.1 Å². The predicted molar refractivity (Wildman–Crippen MR) is 72.9 cm³/mol. The van der Waals surface area contributed by atoms with Gasteiger partial charge in [-0.3, -0.25) is 4.79 Å². The maximum Gasteiger partial charge on any atom is 0.333 e. The van der Waals surface area contributed by atoms with Gasteiger partial charge in [-0.15, -0.1) is 0 Å². The molecule has 3 aliphatic carbocycles. The minimum absolute atomic E-state index is 0.0361. The molecule has 0 aromatic carbocycles. The van der Waals surface area contributed by atoms with Crippen LogP contribution in [0.5, 0.6) is 0 Å². The topological polar surface area (TPSA) is 63.6 Å². The number of carboxylic acids is 1. The lowest BCUT2D eigenvalue weighted by Gasteiger charge is -2.31. The van der Waals surface area contributed by atoms with Crippen LogP contribution < -0.4 is 0 Å². The molecule has 110 valence electrons. The zero-order chi connectivity index (χ0) is 14.4. The molecule has 0 radical (unpaired) electrons. The molecule has 0 heterocycles. The average molecular weight is 278 g/mol. The molecule has 2 bridgehead atoms. The summed E-state index contributed by atoms with van der Waals surface area (Å²) < 4.78 is 5.58. The Morgan fingerprint density at radius 1 is 1.15 bits per heavy atom. The number of carbonyl (C=O) groups is 2. The summed E-state index contributed by atoms with van der Waals surface area (Å²) in [4.78, 5) is 22.5. The van der Waals surface area contributed by atoms with Gasteiger partial charge in [0.05, 0.1) is 0 Å². The van der Waals surface area contributed by atoms with E-state index in [0.717, 1.165) is 25.7 Å². The molecular weight excluding hydrogens is 256 g/mol. The fourth-order valence-electron chi connectivity index (χ4n) is 4.91. The minimum atomic E-state index is -0.687. The summed E-state index contributed by atoms with van der Waals surface area (Å²) in [5, 5.41) is 8.94. The average Bonchev–Trinajstić information content (AvgIpc) is 2.98. The van der Waals surface area contributed by atoms with Gasteiger partial charge in [0.2, 0.25) is 0 Å². The lowest BCUT2D eigenvalue weighted by Crippen LogP contribution is -2.32. The van der Waals surface area contributed by atoms with Gasteiger partial charge < -0.3 is 9.84 Å². The van der Waals surface area contributed by atoms with Crippen molar-refractivity contribution in [3.63, 3.8) is 0 Å². The second-order valence-electron chi connectivity index (χ2n) is 6.88. The Morgan fingerprint density at radius 3 is 2.50 bits per heavy atom. The molecule has 3 aliphatic rings. The first-order chi connectivity index (χ1) is 9.45.